The zero-order chi connectivity index (χ0) is 23.3. The van der Waals surface area contributed by atoms with Gasteiger partial charge in [0, 0.05) is 19.5 Å². The Morgan fingerprint density at radius 3 is 2.18 bits per heavy atom. The van der Waals surface area contributed by atoms with Crippen LogP contribution >= 0.6 is 0 Å². The molecule has 174 valence electrons. The van der Waals surface area contributed by atoms with Crippen LogP contribution in [0.1, 0.15) is 41.6 Å². The zero-order valence-corrected chi connectivity index (χ0v) is 19.2. The Hall–Kier alpha value is -2.87. The third-order valence-electron chi connectivity index (χ3n) is 7.39. The van der Waals surface area contributed by atoms with Gasteiger partial charge in [0.15, 0.2) is 11.5 Å². The van der Waals surface area contributed by atoms with Crippen LogP contribution in [0.4, 0.5) is 0 Å². The molecule has 3 aliphatic rings. The van der Waals surface area contributed by atoms with E-state index in [0.29, 0.717) is 19.5 Å². The second-order valence-corrected chi connectivity index (χ2v) is 9.39. The number of hydrazine groups is 1. The van der Waals surface area contributed by atoms with Gasteiger partial charge in [-0.2, -0.15) is 5.01 Å². The maximum atomic E-state index is 13.4. The number of aliphatic hydroxyl groups excluding tert-OH is 2. The number of carbonyl (C=O) groups is 1. The van der Waals surface area contributed by atoms with Crippen molar-refractivity contribution in [2.45, 2.75) is 44.5 Å². The maximum Gasteiger partial charge on any atom is 0.276 e. The number of amides is 1. The van der Waals surface area contributed by atoms with Crippen molar-refractivity contribution in [3.63, 3.8) is 0 Å². The molecule has 1 fully saturated rings. The molecule has 3 unspecified atom stereocenters. The molecule has 1 saturated heterocycles. The van der Waals surface area contributed by atoms with Crippen molar-refractivity contribution in [2.24, 2.45) is 11.7 Å². The van der Waals surface area contributed by atoms with Crippen molar-refractivity contribution < 1.29 is 15.0 Å². The molecule has 0 aromatic heterocycles. The van der Waals surface area contributed by atoms with E-state index in [0.717, 1.165) is 12.8 Å². The highest BCUT2D eigenvalue weighted by Crippen LogP contribution is 2.44. The average Bonchev–Trinajstić information content (AvgIpc) is 2.98. The molecule has 0 spiro atoms. The fraction of sp³-hybridized carbons (Fsp3) is 0.423. The minimum Gasteiger partial charge on any atom is -0.507 e. The first-order valence-corrected chi connectivity index (χ1v) is 11.7. The topological polar surface area (TPSA) is 93.3 Å². The molecular formula is C26H32N4O3. The number of likely N-dealkylation sites (N-methyl/N-ethyl adjacent to an activating group) is 1. The molecule has 2 aromatic carbocycles. The van der Waals surface area contributed by atoms with E-state index in [4.69, 9.17) is 5.73 Å². The van der Waals surface area contributed by atoms with Crippen molar-refractivity contribution in [3.05, 3.63) is 82.2 Å². The third-order valence-corrected chi connectivity index (χ3v) is 7.39. The molecule has 5 rings (SSSR count). The van der Waals surface area contributed by atoms with Crippen LogP contribution in [0.25, 0.3) is 0 Å². The quantitative estimate of drug-likeness (QED) is 0.667. The summed E-state index contributed by atoms with van der Waals surface area (Å²) in [7, 11) is 1.76. The smallest absolute Gasteiger partial charge is 0.276 e. The summed E-state index contributed by atoms with van der Waals surface area (Å²) in [4.78, 5) is 15.0. The van der Waals surface area contributed by atoms with Gasteiger partial charge in [0.05, 0.1) is 6.04 Å². The summed E-state index contributed by atoms with van der Waals surface area (Å²) in [5, 5.41) is 25.6. The second-order valence-electron chi connectivity index (χ2n) is 9.39. The molecule has 1 aliphatic carbocycles. The SMILES string of the molecule is CC1CN2C(=C(O)C1O)C(=O)N(C)C(CCN)N2C1c2ccccc2CCc2ccccc21. The van der Waals surface area contributed by atoms with Crippen LogP contribution in [0.15, 0.2) is 60.0 Å². The van der Waals surface area contributed by atoms with Crippen LogP contribution in [0.2, 0.25) is 0 Å². The van der Waals surface area contributed by atoms with E-state index in [2.05, 4.69) is 53.5 Å². The molecule has 1 amide bonds. The van der Waals surface area contributed by atoms with Gasteiger partial charge in [0.25, 0.3) is 5.91 Å². The predicted octanol–water partition coefficient (Wildman–Crippen LogP) is 2.32. The Balaban J connectivity index is 1.76. The van der Waals surface area contributed by atoms with E-state index >= 15 is 0 Å². The van der Waals surface area contributed by atoms with E-state index in [1.807, 2.05) is 11.9 Å². The van der Waals surface area contributed by atoms with Crippen molar-refractivity contribution in [2.75, 3.05) is 20.1 Å². The molecule has 0 saturated carbocycles. The van der Waals surface area contributed by atoms with Gasteiger partial charge in [-0.1, -0.05) is 55.5 Å². The molecule has 0 bridgehead atoms. The lowest BCUT2D eigenvalue weighted by Crippen LogP contribution is -2.66. The highest BCUT2D eigenvalue weighted by Gasteiger charge is 2.50. The van der Waals surface area contributed by atoms with Gasteiger partial charge in [0.2, 0.25) is 0 Å². The van der Waals surface area contributed by atoms with E-state index in [1.54, 1.807) is 11.9 Å². The number of aryl methyl sites for hydroxylation is 2. The Kier molecular flexibility index (Phi) is 5.64. The monoisotopic (exact) mass is 448 g/mol. The van der Waals surface area contributed by atoms with Crippen molar-refractivity contribution in [3.8, 4) is 0 Å². The Bertz CT molecular complexity index is 1050. The van der Waals surface area contributed by atoms with E-state index in [9.17, 15) is 15.0 Å². The van der Waals surface area contributed by atoms with Crippen LogP contribution in [-0.2, 0) is 17.6 Å². The first-order chi connectivity index (χ1) is 15.9. The first kappa shape index (κ1) is 21.9. The number of rotatable bonds is 3. The number of nitrogens with zero attached hydrogens (tertiary/aromatic N) is 3. The standard InChI is InChI=1S/C26H32N4O3/c1-16-15-29-23(25(32)24(16)31)26(33)28(2)21(13-14-27)30(29)22-19-9-5-3-7-17(19)11-12-18-8-4-6-10-20(18)22/h3-10,16,21-22,24,31-32H,11-15,27H2,1-2H3. The Labute approximate surface area is 194 Å². The largest absolute Gasteiger partial charge is 0.507 e. The lowest BCUT2D eigenvalue weighted by atomic mass is 9.91. The molecule has 0 radical (unpaired) electrons. The number of aliphatic hydroxyl groups is 2. The Morgan fingerprint density at radius 1 is 1.03 bits per heavy atom. The van der Waals surface area contributed by atoms with Crippen LogP contribution < -0.4 is 5.73 Å². The highest BCUT2D eigenvalue weighted by atomic mass is 16.3. The number of fused-ring (bicyclic) bond motifs is 3. The van der Waals surface area contributed by atoms with Gasteiger partial charge in [0.1, 0.15) is 12.3 Å². The summed E-state index contributed by atoms with van der Waals surface area (Å²) < 4.78 is 0. The fourth-order valence-corrected chi connectivity index (χ4v) is 5.64. The fourth-order valence-electron chi connectivity index (χ4n) is 5.64. The molecule has 7 heteroatoms. The average molecular weight is 449 g/mol. The third kappa shape index (κ3) is 3.42. The molecule has 2 heterocycles. The van der Waals surface area contributed by atoms with E-state index in [1.165, 1.54) is 22.3 Å². The van der Waals surface area contributed by atoms with Crippen LogP contribution in [-0.4, -0.2) is 63.4 Å². The van der Waals surface area contributed by atoms with Gasteiger partial charge >= 0.3 is 0 Å². The number of hydrogen-bond acceptors (Lipinski definition) is 6. The number of benzene rings is 2. The predicted molar refractivity (Wildman–Crippen MR) is 126 cm³/mol. The minimum atomic E-state index is -1.06. The van der Waals surface area contributed by atoms with Gasteiger partial charge in [-0.05, 0) is 48.1 Å². The summed E-state index contributed by atoms with van der Waals surface area (Å²) in [5.74, 6) is -0.775. The van der Waals surface area contributed by atoms with Crippen molar-refractivity contribution in [1.29, 1.82) is 0 Å². The normalized spacial score (nSPS) is 26.1. The van der Waals surface area contributed by atoms with Gasteiger partial charge in [-0.3, -0.25) is 9.80 Å². The molecule has 7 nitrogen and oxygen atoms in total. The molecular weight excluding hydrogens is 416 g/mol. The van der Waals surface area contributed by atoms with E-state index in [-0.39, 0.29) is 35.5 Å². The van der Waals surface area contributed by atoms with Crippen LogP contribution in [0.3, 0.4) is 0 Å². The molecule has 2 aromatic rings. The van der Waals surface area contributed by atoms with Gasteiger partial charge < -0.3 is 20.8 Å². The Morgan fingerprint density at radius 2 is 1.61 bits per heavy atom. The van der Waals surface area contributed by atoms with Crippen molar-refractivity contribution in [1.82, 2.24) is 14.9 Å². The molecule has 3 atom stereocenters. The van der Waals surface area contributed by atoms with Gasteiger partial charge in [-0.15, -0.1) is 0 Å². The molecule has 33 heavy (non-hydrogen) atoms. The van der Waals surface area contributed by atoms with Gasteiger partial charge in [-0.25, -0.2) is 0 Å². The van der Waals surface area contributed by atoms with E-state index < -0.39 is 6.10 Å². The van der Waals surface area contributed by atoms with Crippen LogP contribution in [0, 0.1) is 5.92 Å². The summed E-state index contributed by atoms with van der Waals surface area (Å²) in [6.07, 6.45) is 1.12. The number of carbonyl (C=O) groups excluding carboxylic acids is 1. The lowest BCUT2D eigenvalue weighted by Gasteiger charge is -2.55. The molecule has 2 aliphatic heterocycles. The summed E-state index contributed by atoms with van der Waals surface area (Å²) in [5.41, 5.74) is 11.2. The minimum absolute atomic E-state index is 0.155. The lowest BCUT2D eigenvalue weighted by molar-refractivity contribution is -0.181. The molecule has 4 N–H and O–H groups in total. The van der Waals surface area contributed by atoms with Crippen molar-refractivity contribution >= 4 is 5.91 Å². The highest BCUT2D eigenvalue weighted by molar-refractivity contribution is 5.94. The summed E-state index contributed by atoms with van der Waals surface area (Å²) >= 11 is 0. The first-order valence-electron chi connectivity index (χ1n) is 11.7. The second kappa shape index (κ2) is 8.48. The number of hydrogen-bond donors (Lipinski definition) is 3. The zero-order valence-electron chi connectivity index (χ0n) is 19.2. The number of nitrogens with two attached hydrogens (primary N) is 1. The maximum absolute atomic E-state index is 13.4. The summed E-state index contributed by atoms with van der Waals surface area (Å²) in [6.45, 7) is 2.75. The summed E-state index contributed by atoms with van der Waals surface area (Å²) in [6, 6.07) is 16.8. The van der Waals surface area contributed by atoms with Crippen LogP contribution in [0.5, 0.6) is 0 Å².